The Morgan fingerprint density at radius 3 is 2.28 bits per heavy atom. The first-order chi connectivity index (χ1) is 11.7. The Kier molecular flexibility index (Phi) is 5.97. The second-order valence-corrected chi connectivity index (χ2v) is 7.17. The van der Waals surface area contributed by atoms with Crippen molar-refractivity contribution in [3.8, 4) is 11.5 Å². The number of para-hydroxylation sites is 1. The highest BCUT2D eigenvalue weighted by Crippen LogP contribution is 2.27. The summed E-state index contributed by atoms with van der Waals surface area (Å²) in [5.41, 5.74) is 1.68. The maximum atomic E-state index is 12.5. The van der Waals surface area contributed by atoms with Crippen LogP contribution in [-0.4, -0.2) is 22.1 Å². The topological polar surface area (TPSA) is 64.6 Å². The molecule has 0 heterocycles. The fourth-order valence-corrected chi connectivity index (χ4v) is 3.68. The Bertz CT molecular complexity index is 830. The molecule has 2 aromatic carbocycles. The van der Waals surface area contributed by atoms with E-state index in [1.807, 2.05) is 0 Å². The first kappa shape index (κ1) is 19.1. The smallest absolute Gasteiger partial charge is 0.387 e. The average molecular weight is 371 g/mol. The van der Waals surface area contributed by atoms with Gasteiger partial charge in [0.15, 0.2) is 0 Å². The number of alkyl halides is 2. The second kappa shape index (κ2) is 7.79. The van der Waals surface area contributed by atoms with E-state index in [2.05, 4.69) is 9.46 Å². The maximum Gasteiger partial charge on any atom is 0.387 e. The number of halogens is 2. The number of sulfonamides is 1. The molecule has 0 saturated carbocycles. The quantitative estimate of drug-likeness (QED) is 0.810. The predicted molar refractivity (Wildman–Crippen MR) is 89.6 cm³/mol. The molecule has 0 atom stereocenters. The van der Waals surface area contributed by atoms with Gasteiger partial charge in [-0.1, -0.05) is 18.2 Å². The van der Waals surface area contributed by atoms with E-state index in [-0.39, 0.29) is 17.2 Å². The highest BCUT2D eigenvalue weighted by Gasteiger charge is 2.18. The summed E-state index contributed by atoms with van der Waals surface area (Å²) in [7, 11) is -2.31. The van der Waals surface area contributed by atoms with Crippen molar-refractivity contribution in [2.45, 2.75) is 31.9 Å². The Morgan fingerprint density at radius 1 is 1.12 bits per heavy atom. The third-order valence-corrected chi connectivity index (χ3v) is 4.97. The molecule has 0 radical (unpaired) electrons. The van der Waals surface area contributed by atoms with E-state index in [4.69, 9.17) is 4.74 Å². The normalized spacial score (nSPS) is 11.6. The highest BCUT2D eigenvalue weighted by atomic mass is 32.2. The summed E-state index contributed by atoms with van der Waals surface area (Å²) in [4.78, 5) is 0.0792. The molecular formula is C17H19F2NO4S. The largest absolute Gasteiger partial charge is 0.496 e. The van der Waals surface area contributed by atoms with Crippen LogP contribution in [0.5, 0.6) is 11.5 Å². The molecule has 0 aliphatic carbocycles. The van der Waals surface area contributed by atoms with Crippen LogP contribution in [0.2, 0.25) is 0 Å². The molecule has 0 saturated heterocycles. The van der Waals surface area contributed by atoms with E-state index in [1.54, 1.807) is 19.9 Å². The van der Waals surface area contributed by atoms with Gasteiger partial charge in [0, 0.05) is 12.1 Å². The van der Waals surface area contributed by atoms with Crippen molar-refractivity contribution >= 4 is 10.0 Å². The summed E-state index contributed by atoms with van der Waals surface area (Å²) >= 11 is 0. The Balaban J connectivity index is 2.23. The number of nitrogens with one attached hydrogen (secondary N) is 1. The number of hydrogen-bond donors (Lipinski definition) is 1. The molecule has 0 spiro atoms. The van der Waals surface area contributed by atoms with Crippen LogP contribution in [0.4, 0.5) is 8.78 Å². The average Bonchev–Trinajstić information content (AvgIpc) is 2.53. The zero-order chi connectivity index (χ0) is 18.6. The van der Waals surface area contributed by atoms with Crippen LogP contribution in [0.3, 0.4) is 0 Å². The number of ether oxygens (including phenoxy) is 2. The summed E-state index contributed by atoms with van der Waals surface area (Å²) in [5, 5.41) is 0. The molecular weight excluding hydrogens is 352 g/mol. The first-order valence-corrected chi connectivity index (χ1v) is 8.90. The summed E-state index contributed by atoms with van der Waals surface area (Å²) in [6.07, 6.45) is 0. The van der Waals surface area contributed by atoms with E-state index < -0.39 is 16.6 Å². The Labute approximate surface area is 145 Å². The minimum atomic E-state index is -3.82. The fraction of sp³-hybridized carbons (Fsp3) is 0.294. The van der Waals surface area contributed by atoms with Gasteiger partial charge in [-0.3, -0.25) is 0 Å². The number of aryl methyl sites for hydroxylation is 2. The minimum absolute atomic E-state index is 0.0673. The molecule has 1 N–H and O–H groups in total. The van der Waals surface area contributed by atoms with Crippen molar-refractivity contribution in [2.75, 3.05) is 7.11 Å². The van der Waals surface area contributed by atoms with Gasteiger partial charge in [0.2, 0.25) is 10.0 Å². The van der Waals surface area contributed by atoms with Gasteiger partial charge >= 0.3 is 6.61 Å². The number of hydrogen-bond acceptors (Lipinski definition) is 4. The molecule has 0 aliphatic heterocycles. The van der Waals surface area contributed by atoms with E-state index >= 15 is 0 Å². The van der Waals surface area contributed by atoms with Crippen LogP contribution >= 0.6 is 0 Å². The van der Waals surface area contributed by atoms with Crippen molar-refractivity contribution in [1.29, 1.82) is 0 Å². The monoisotopic (exact) mass is 371 g/mol. The molecule has 0 bridgehead atoms. The van der Waals surface area contributed by atoms with E-state index in [0.717, 1.165) is 0 Å². The highest BCUT2D eigenvalue weighted by molar-refractivity contribution is 7.89. The van der Waals surface area contributed by atoms with Crippen molar-refractivity contribution in [2.24, 2.45) is 0 Å². The van der Waals surface area contributed by atoms with Gasteiger partial charge in [-0.2, -0.15) is 8.78 Å². The van der Waals surface area contributed by atoms with Gasteiger partial charge in [-0.15, -0.1) is 0 Å². The van der Waals surface area contributed by atoms with Gasteiger partial charge in [-0.05, 0) is 43.2 Å². The third-order valence-electron chi connectivity index (χ3n) is 3.59. The molecule has 136 valence electrons. The zero-order valence-electron chi connectivity index (χ0n) is 14.0. The summed E-state index contributed by atoms with van der Waals surface area (Å²) in [6.45, 7) is 0.340. The molecule has 8 heteroatoms. The molecule has 0 amide bonds. The lowest BCUT2D eigenvalue weighted by molar-refractivity contribution is -0.0504. The second-order valence-electron chi connectivity index (χ2n) is 5.40. The van der Waals surface area contributed by atoms with Crippen LogP contribution < -0.4 is 14.2 Å². The number of methoxy groups -OCH3 is 1. The van der Waals surface area contributed by atoms with E-state index in [0.29, 0.717) is 22.4 Å². The van der Waals surface area contributed by atoms with Crippen LogP contribution in [0.25, 0.3) is 0 Å². The van der Waals surface area contributed by atoms with E-state index in [9.17, 15) is 17.2 Å². The number of benzene rings is 2. The van der Waals surface area contributed by atoms with Gasteiger partial charge in [-0.25, -0.2) is 13.1 Å². The summed E-state index contributed by atoms with van der Waals surface area (Å²) < 4.78 is 61.9. The molecule has 0 aromatic heterocycles. The summed E-state index contributed by atoms with van der Waals surface area (Å²) in [6, 6.07) is 9.02. The SMILES string of the molecule is COc1c(C)cc(S(=O)(=O)NCc2ccccc2OC(F)F)cc1C. The lowest BCUT2D eigenvalue weighted by Gasteiger charge is -2.14. The third kappa shape index (κ3) is 4.67. The van der Waals surface area contributed by atoms with E-state index in [1.165, 1.54) is 37.4 Å². The molecule has 2 rings (SSSR count). The first-order valence-electron chi connectivity index (χ1n) is 7.42. The Morgan fingerprint density at radius 2 is 1.72 bits per heavy atom. The molecule has 2 aromatic rings. The molecule has 5 nitrogen and oxygen atoms in total. The maximum absolute atomic E-state index is 12.5. The molecule has 0 aliphatic rings. The standard InChI is InChI=1S/C17H19F2NO4S/c1-11-8-14(9-12(2)16(11)23-3)25(21,22)20-10-13-6-4-5-7-15(13)24-17(18)19/h4-9,17,20H,10H2,1-3H3. The fourth-order valence-electron chi connectivity index (χ4n) is 2.50. The van der Waals surface area contributed by atoms with Crippen LogP contribution in [0.15, 0.2) is 41.3 Å². The lowest BCUT2D eigenvalue weighted by Crippen LogP contribution is -2.24. The predicted octanol–water partition coefficient (Wildman–Crippen LogP) is 3.39. The number of rotatable bonds is 7. The summed E-state index contributed by atoms with van der Waals surface area (Å²) in [5.74, 6) is 0.553. The van der Waals surface area contributed by atoms with Crippen molar-refractivity contribution < 1.29 is 26.7 Å². The van der Waals surface area contributed by atoms with Crippen molar-refractivity contribution in [3.05, 3.63) is 53.1 Å². The Hall–Kier alpha value is -2.19. The van der Waals surface area contributed by atoms with Crippen LogP contribution in [-0.2, 0) is 16.6 Å². The lowest BCUT2D eigenvalue weighted by atomic mass is 10.1. The van der Waals surface area contributed by atoms with Gasteiger partial charge < -0.3 is 9.47 Å². The van der Waals surface area contributed by atoms with Crippen LogP contribution in [0.1, 0.15) is 16.7 Å². The van der Waals surface area contributed by atoms with Gasteiger partial charge in [0.1, 0.15) is 11.5 Å². The molecule has 0 unspecified atom stereocenters. The van der Waals surface area contributed by atoms with Crippen molar-refractivity contribution in [1.82, 2.24) is 4.72 Å². The van der Waals surface area contributed by atoms with Gasteiger partial charge in [0.25, 0.3) is 0 Å². The molecule has 0 fully saturated rings. The van der Waals surface area contributed by atoms with Crippen LogP contribution in [0, 0.1) is 13.8 Å². The van der Waals surface area contributed by atoms with Crippen molar-refractivity contribution in [3.63, 3.8) is 0 Å². The zero-order valence-corrected chi connectivity index (χ0v) is 14.9. The molecule has 25 heavy (non-hydrogen) atoms. The minimum Gasteiger partial charge on any atom is -0.496 e. The van der Waals surface area contributed by atoms with Gasteiger partial charge in [0.05, 0.1) is 12.0 Å².